The summed E-state index contributed by atoms with van der Waals surface area (Å²) in [6.45, 7) is 6.62. The summed E-state index contributed by atoms with van der Waals surface area (Å²) in [5.74, 6) is 3.55. The van der Waals surface area contributed by atoms with Gasteiger partial charge in [0.25, 0.3) is 0 Å². The number of rotatable bonds is 6. The maximum atomic E-state index is 12.7. The Hall–Kier alpha value is -2.54. The highest BCUT2D eigenvalue weighted by Crippen LogP contribution is 2.35. The van der Waals surface area contributed by atoms with Gasteiger partial charge in [-0.2, -0.15) is 0 Å². The number of fused-ring (bicyclic) bond motifs is 2. The molecule has 6 nitrogen and oxygen atoms in total. The number of benzene rings is 2. The Bertz CT molecular complexity index is 901. The quantitative estimate of drug-likeness (QED) is 0.694. The second-order valence-corrected chi connectivity index (χ2v) is 8.69. The molecule has 1 N–H and O–H groups in total. The number of hydrogen-bond donors (Lipinski definition) is 1. The van der Waals surface area contributed by atoms with Gasteiger partial charge in [0.15, 0.2) is 23.0 Å². The van der Waals surface area contributed by atoms with Crippen LogP contribution in [0.4, 0.5) is 0 Å². The summed E-state index contributed by atoms with van der Waals surface area (Å²) in [5, 5.41) is 3.18. The van der Waals surface area contributed by atoms with E-state index in [1.54, 1.807) is 0 Å². The van der Waals surface area contributed by atoms with Crippen LogP contribution in [0.1, 0.15) is 31.9 Å². The third kappa shape index (κ3) is 4.95. The summed E-state index contributed by atoms with van der Waals surface area (Å²) in [6, 6.07) is 11.6. The van der Waals surface area contributed by atoms with Gasteiger partial charge in [0, 0.05) is 11.3 Å². The van der Waals surface area contributed by atoms with E-state index in [9.17, 15) is 4.79 Å². The van der Waals surface area contributed by atoms with E-state index in [1.165, 1.54) is 11.8 Å². The topological polar surface area (TPSA) is 66.0 Å². The lowest BCUT2D eigenvalue weighted by atomic mass is 9.95. The molecule has 0 bridgehead atoms. The van der Waals surface area contributed by atoms with Crippen molar-refractivity contribution in [2.24, 2.45) is 5.92 Å². The molecule has 160 valence electrons. The number of carbonyl (C=O) groups excluding carboxylic acids is 1. The Morgan fingerprint density at radius 2 is 1.53 bits per heavy atom. The molecule has 0 saturated carbocycles. The first kappa shape index (κ1) is 20.7. The molecule has 4 rings (SSSR count). The van der Waals surface area contributed by atoms with Crippen LogP contribution in [0.3, 0.4) is 0 Å². The van der Waals surface area contributed by atoms with Crippen molar-refractivity contribution in [3.05, 3.63) is 42.0 Å². The summed E-state index contributed by atoms with van der Waals surface area (Å²) in [6.07, 6.45) is 0.867. The van der Waals surface area contributed by atoms with Crippen molar-refractivity contribution in [2.45, 2.75) is 31.2 Å². The van der Waals surface area contributed by atoms with Crippen LogP contribution in [0.5, 0.6) is 23.0 Å². The first-order valence-electron chi connectivity index (χ1n) is 10.3. The van der Waals surface area contributed by atoms with Gasteiger partial charge in [-0.1, -0.05) is 19.9 Å². The fourth-order valence-corrected chi connectivity index (χ4v) is 4.22. The van der Waals surface area contributed by atoms with Crippen LogP contribution in [0.2, 0.25) is 0 Å². The fraction of sp³-hybridized carbons (Fsp3) is 0.435. The molecule has 0 spiro atoms. The molecule has 2 aromatic rings. The number of carbonyl (C=O) groups is 1. The third-order valence-electron chi connectivity index (χ3n) is 5.00. The van der Waals surface area contributed by atoms with E-state index >= 15 is 0 Å². The lowest BCUT2D eigenvalue weighted by molar-refractivity contribution is -0.119. The molecule has 7 heteroatoms. The van der Waals surface area contributed by atoms with Crippen molar-refractivity contribution in [1.29, 1.82) is 0 Å². The van der Waals surface area contributed by atoms with E-state index in [0.29, 0.717) is 32.2 Å². The molecule has 2 heterocycles. The second-order valence-electron chi connectivity index (χ2n) is 7.64. The zero-order valence-corrected chi connectivity index (χ0v) is 18.1. The molecular formula is C23H27NO5S. The molecule has 0 radical (unpaired) electrons. The van der Waals surface area contributed by atoms with E-state index in [-0.39, 0.29) is 17.9 Å². The van der Waals surface area contributed by atoms with E-state index in [2.05, 4.69) is 19.2 Å². The number of nitrogens with one attached hydrogen (secondary N) is 1. The Labute approximate surface area is 181 Å². The molecule has 0 saturated heterocycles. The molecule has 1 amide bonds. The normalized spacial score (nSPS) is 16.0. The van der Waals surface area contributed by atoms with Gasteiger partial charge in [-0.25, -0.2) is 0 Å². The van der Waals surface area contributed by atoms with Crippen molar-refractivity contribution >= 4 is 17.7 Å². The largest absolute Gasteiger partial charge is 0.490 e. The molecule has 1 atom stereocenters. The standard InChI is InChI=1S/C23H27NO5S/c1-15(2)23(16-4-6-18-20(12-16)27-9-3-8-26-18)24-22(25)14-30-17-5-7-19-21(13-17)29-11-10-28-19/h4-7,12-13,15,23H,3,8-11,14H2,1-2H3,(H,24,25)/t23-/m0/s1. The van der Waals surface area contributed by atoms with Gasteiger partial charge in [-0.3, -0.25) is 4.79 Å². The minimum atomic E-state index is -0.101. The van der Waals surface area contributed by atoms with Gasteiger partial charge in [-0.15, -0.1) is 11.8 Å². The molecule has 2 aliphatic rings. The van der Waals surface area contributed by atoms with Crippen molar-refractivity contribution < 1.29 is 23.7 Å². The molecule has 0 aromatic heterocycles. The van der Waals surface area contributed by atoms with Gasteiger partial charge in [0.05, 0.1) is 25.0 Å². The fourth-order valence-electron chi connectivity index (χ4n) is 3.49. The summed E-state index contributed by atoms with van der Waals surface area (Å²) >= 11 is 1.48. The van der Waals surface area contributed by atoms with Crippen LogP contribution >= 0.6 is 11.8 Å². The Morgan fingerprint density at radius 3 is 2.30 bits per heavy atom. The Morgan fingerprint density at radius 1 is 0.900 bits per heavy atom. The summed E-state index contributed by atoms with van der Waals surface area (Å²) in [7, 11) is 0. The summed E-state index contributed by atoms with van der Waals surface area (Å²) in [4.78, 5) is 13.7. The molecule has 0 fully saturated rings. The molecule has 0 aliphatic carbocycles. The SMILES string of the molecule is CC(C)[C@H](NC(=O)CSc1ccc2c(c1)OCCO2)c1ccc2c(c1)OCCCO2. The monoisotopic (exact) mass is 429 g/mol. The third-order valence-corrected chi connectivity index (χ3v) is 5.99. The molecule has 0 unspecified atom stereocenters. The van der Waals surface area contributed by atoms with Gasteiger partial charge < -0.3 is 24.3 Å². The molecule has 2 aliphatic heterocycles. The first-order valence-corrected chi connectivity index (χ1v) is 11.3. The minimum Gasteiger partial charge on any atom is -0.490 e. The van der Waals surface area contributed by atoms with Crippen molar-refractivity contribution in [1.82, 2.24) is 5.32 Å². The van der Waals surface area contributed by atoms with Crippen LogP contribution in [0.25, 0.3) is 0 Å². The summed E-state index contributed by atoms with van der Waals surface area (Å²) < 4.78 is 22.7. The van der Waals surface area contributed by atoms with Crippen molar-refractivity contribution in [3.63, 3.8) is 0 Å². The highest BCUT2D eigenvalue weighted by molar-refractivity contribution is 8.00. The van der Waals surface area contributed by atoms with Crippen LogP contribution in [0, 0.1) is 5.92 Å². The first-order chi connectivity index (χ1) is 14.6. The van der Waals surface area contributed by atoms with Crippen molar-refractivity contribution in [2.75, 3.05) is 32.2 Å². The predicted molar refractivity (Wildman–Crippen MR) is 116 cm³/mol. The van der Waals surface area contributed by atoms with E-state index in [0.717, 1.165) is 39.9 Å². The van der Waals surface area contributed by atoms with E-state index in [4.69, 9.17) is 18.9 Å². The van der Waals surface area contributed by atoms with Crippen molar-refractivity contribution in [3.8, 4) is 23.0 Å². The predicted octanol–water partition coefficient (Wildman–Crippen LogP) is 4.22. The maximum absolute atomic E-state index is 12.7. The average molecular weight is 430 g/mol. The van der Waals surface area contributed by atoms with Crippen LogP contribution in [-0.4, -0.2) is 38.1 Å². The van der Waals surface area contributed by atoms with Gasteiger partial charge >= 0.3 is 0 Å². The number of thioether (sulfide) groups is 1. The maximum Gasteiger partial charge on any atom is 0.230 e. The van der Waals surface area contributed by atoms with Gasteiger partial charge in [0.2, 0.25) is 5.91 Å². The average Bonchev–Trinajstić information content (AvgIpc) is 3.00. The van der Waals surface area contributed by atoms with Gasteiger partial charge in [-0.05, 0) is 41.8 Å². The number of hydrogen-bond acceptors (Lipinski definition) is 6. The smallest absolute Gasteiger partial charge is 0.230 e. The second kappa shape index (κ2) is 9.51. The lowest BCUT2D eigenvalue weighted by Crippen LogP contribution is -2.33. The van der Waals surface area contributed by atoms with Crippen LogP contribution in [-0.2, 0) is 4.79 Å². The zero-order valence-electron chi connectivity index (χ0n) is 17.3. The van der Waals surface area contributed by atoms with Gasteiger partial charge in [0.1, 0.15) is 13.2 Å². The highest BCUT2D eigenvalue weighted by Gasteiger charge is 2.21. The molecule has 2 aromatic carbocycles. The van der Waals surface area contributed by atoms with E-state index < -0.39 is 0 Å². The minimum absolute atomic E-state index is 0.0132. The number of ether oxygens (including phenoxy) is 4. The summed E-state index contributed by atoms with van der Waals surface area (Å²) in [5.41, 5.74) is 1.02. The lowest BCUT2D eigenvalue weighted by Gasteiger charge is -2.24. The van der Waals surface area contributed by atoms with E-state index in [1.807, 2.05) is 36.4 Å². The number of amides is 1. The molecular weight excluding hydrogens is 402 g/mol. The Balaban J connectivity index is 1.39. The Kier molecular flexibility index (Phi) is 6.57. The van der Waals surface area contributed by atoms with Crippen LogP contribution < -0.4 is 24.3 Å². The highest BCUT2D eigenvalue weighted by atomic mass is 32.2. The molecule has 30 heavy (non-hydrogen) atoms. The van der Waals surface area contributed by atoms with Crippen LogP contribution in [0.15, 0.2) is 41.3 Å². The zero-order chi connectivity index (χ0) is 20.9.